The summed E-state index contributed by atoms with van der Waals surface area (Å²) in [5.74, 6) is 0.0434. The van der Waals surface area contributed by atoms with E-state index in [4.69, 9.17) is 38.0 Å². The summed E-state index contributed by atoms with van der Waals surface area (Å²) in [6, 6.07) is 17.7. The molecule has 0 radical (unpaired) electrons. The number of carbonyl (C=O) groups excluding carboxylic acids is 3. The zero-order valence-corrected chi connectivity index (χ0v) is 21.8. The van der Waals surface area contributed by atoms with Gasteiger partial charge in [-0.3, -0.25) is 14.5 Å². The Morgan fingerprint density at radius 1 is 1.08 bits per heavy atom. The lowest BCUT2D eigenvalue weighted by Crippen LogP contribution is -2.37. The van der Waals surface area contributed by atoms with Crippen LogP contribution >= 0.6 is 23.8 Å². The molecule has 1 saturated heterocycles. The van der Waals surface area contributed by atoms with Crippen molar-refractivity contribution in [3.05, 3.63) is 82.9 Å². The van der Waals surface area contributed by atoms with Gasteiger partial charge in [0.05, 0.1) is 24.8 Å². The van der Waals surface area contributed by atoms with Crippen molar-refractivity contribution in [3.8, 4) is 11.5 Å². The van der Waals surface area contributed by atoms with E-state index >= 15 is 0 Å². The van der Waals surface area contributed by atoms with Crippen LogP contribution in [0.1, 0.15) is 22.3 Å². The molecule has 9 nitrogen and oxygen atoms in total. The molecule has 2 amide bonds. The Morgan fingerprint density at radius 2 is 1.84 bits per heavy atom. The van der Waals surface area contributed by atoms with Crippen molar-refractivity contribution in [1.82, 2.24) is 4.90 Å². The molecule has 1 fully saturated rings. The number of carbonyl (C=O) groups is 3. The summed E-state index contributed by atoms with van der Waals surface area (Å²) in [4.78, 5) is 41.5. The van der Waals surface area contributed by atoms with E-state index in [9.17, 15) is 14.4 Å². The second-order valence-corrected chi connectivity index (χ2v) is 9.39. The standard InChI is InChI=1S/C27H22ClN3O6S/c1-35-26(34)17-6-8-19(9-7-17)29-24(32)13-21-25(33)31(20-4-2-3-18(28)12-20)27(38)30(21)14-16-5-10-22-23(11-16)37-15-36-22/h2-12,21H,13-15H2,1H3,(H,29,32). The number of nitrogens with zero attached hydrogens (tertiary/aromatic N) is 2. The van der Waals surface area contributed by atoms with Gasteiger partial charge in [-0.2, -0.15) is 0 Å². The molecular formula is C27H22ClN3O6S. The van der Waals surface area contributed by atoms with Gasteiger partial charge >= 0.3 is 5.97 Å². The van der Waals surface area contributed by atoms with E-state index in [2.05, 4.69) is 5.32 Å². The average Bonchev–Trinajstić information content (AvgIpc) is 3.46. The molecule has 2 heterocycles. The first kappa shape index (κ1) is 25.5. The second kappa shape index (κ2) is 10.7. The van der Waals surface area contributed by atoms with Crippen LogP contribution < -0.4 is 19.7 Å². The Hall–Kier alpha value is -4.15. The number of ether oxygens (including phenoxy) is 3. The van der Waals surface area contributed by atoms with Crippen LogP contribution in [-0.4, -0.2) is 47.7 Å². The summed E-state index contributed by atoms with van der Waals surface area (Å²) in [6.07, 6.45) is -0.153. The Bertz CT molecular complexity index is 1430. The third-order valence-corrected chi connectivity index (χ3v) is 6.80. The van der Waals surface area contributed by atoms with E-state index in [1.54, 1.807) is 59.5 Å². The van der Waals surface area contributed by atoms with Crippen LogP contribution in [0.25, 0.3) is 0 Å². The van der Waals surface area contributed by atoms with Gasteiger partial charge in [0.25, 0.3) is 5.91 Å². The molecule has 194 valence electrons. The summed E-state index contributed by atoms with van der Waals surface area (Å²) in [7, 11) is 1.29. The van der Waals surface area contributed by atoms with Gasteiger partial charge in [0, 0.05) is 17.3 Å². The summed E-state index contributed by atoms with van der Waals surface area (Å²) in [5, 5.41) is 3.50. The van der Waals surface area contributed by atoms with Crippen LogP contribution in [0.2, 0.25) is 5.02 Å². The SMILES string of the molecule is COC(=O)c1ccc(NC(=O)CC2C(=O)N(c3cccc(Cl)c3)C(=S)N2Cc2ccc3c(c2)OCO3)cc1. The third-order valence-electron chi connectivity index (χ3n) is 6.14. The van der Waals surface area contributed by atoms with Crippen LogP contribution in [-0.2, 0) is 20.9 Å². The van der Waals surface area contributed by atoms with Crippen molar-refractivity contribution in [2.24, 2.45) is 0 Å². The Labute approximate surface area is 228 Å². The highest BCUT2D eigenvalue weighted by Gasteiger charge is 2.44. The Morgan fingerprint density at radius 3 is 2.58 bits per heavy atom. The number of thiocarbonyl (C=S) groups is 1. The maximum Gasteiger partial charge on any atom is 0.337 e. The van der Waals surface area contributed by atoms with Crippen LogP contribution in [0.5, 0.6) is 11.5 Å². The van der Waals surface area contributed by atoms with E-state index in [1.807, 2.05) is 12.1 Å². The van der Waals surface area contributed by atoms with Gasteiger partial charge in [-0.25, -0.2) is 4.79 Å². The number of fused-ring (bicyclic) bond motifs is 1. The molecule has 11 heteroatoms. The van der Waals surface area contributed by atoms with Gasteiger partial charge in [0.15, 0.2) is 16.6 Å². The number of rotatable bonds is 7. The van der Waals surface area contributed by atoms with E-state index in [0.29, 0.717) is 33.5 Å². The van der Waals surface area contributed by atoms with Crippen molar-refractivity contribution in [1.29, 1.82) is 0 Å². The van der Waals surface area contributed by atoms with Crippen molar-refractivity contribution >= 4 is 58.1 Å². The third kappa shape index (κ3) is 5.13. The molecule has 1 unspecified atom stereocenters. The smallest absolute Gasteiger partial charge is 0.337 e. The van der Waals surface area contributed by atoms with E-state index in [1.165, 1.54) is 12.0 Å². The van der Waals surface area contributed by atoms with Crippen LogP contribution in [0, 0.1) is 0 Å². The maximum atomic E-state index is 13.6. The number of anilines is 2. The first-order chi connectivity index (χ1) is 18.3. The molecule has 0 saturated carbocycles. The molecule has 1 N–H and O–H groups in total. The fraction of sp³-hybridized carbons (Fsp3) is 0.185. The number of hydrogen-bond donors (Lipinski definition) is 1. The first-order valence-corrected chi connectivity index (χ1v) is 12.4. The first-order valence-electron chi connectivity index (χ1n) is 11.6. The molecule has 3 aromatic carbocycles. The number of halogens is 1. The number of hydrogen-bond acceptors (Lipinski definition) is 7. The zero-order valence-electron chi connectivity index (χ0n) is 20.2. The van der Waals surface area contributed by atoms with Crippen LogP contribution in [0.15, 0.2) is 66.7 Å². The van der Waals surface area contributed by atoms with Gasteiger partial charge < -0.3 is 24.4 Å². The van der Waals surface area contributed by atoms with Crippen molar-refractivity contribution in [3.63, 3.8) is 0 Å². The van der Waals surface area contributed by atoms with E-state index in [-0.39, 0.29) is 36.7 Å². The number of benzene rings is 3. The molecular weight excluding hydrogens is 530 g/mol. The minimum atomic E-state index is -0.860. The van der Waals surface area contributed by atoms with Crippen molar-refractivity contribution < 1.29 is 28.6 Å². The molecule has 0 spiro atoms. The highest BCUT2D eigenvalue weighted by atomic mass is 35.5. The molecule has 2 aliphatic rings. The van der Waals surface area contributed by atoms with Crippen molar-refractivity contribution in [2.45, 2.75) is 19.0 Å². The fourth-order valence-corrected chi connectivity index (χ4v) is 4.87. The molecule has 3 aromatic rings. The minimum absolute atomic E-state index is 0.144. The fourth-order valence-electron chi connectivity index (χ4n) is 4.30. The lowest BCUT2D eigenvalue weighted by Gasteiger charge is -2.24. The largest absolute Gasteiger partial charge is 0.465 e. The lowest BCUT2D eigenvalue weighted by molar-refractivity contribution is -0.124. The lowest BCUT2D eigenvalue weighted by atomic mass is 10.1. The van der Waals surface area contributed by atoms with Crippen molar-refractivity contribution in [2.75, 3.05) is 24.1 Å². The maximum absolute atomic E-state index is 13.6. The summed E-state index contributed by atoms with van der Waals surface area (Å²) >= 11 is 11.9. The van der Waals surface area contributed by atoms with Gasteiger partial charge in [0.1, 0.15) is 6.04 Å². The van der Waals surface area contributed by atoms with Gasteiger partial charge in [-0.1, -0.05) is 23.7 Å². The predicted octanol–water partition coefficient (Wildman–Crippen LogP) is 4.39. The molecule has 2 aliphatic heterocycles. The zero-order chi connectivity index (χ0) is 26.8. The van der Waals surface area contributed by atoms with Gasteiger partial charge in [-0.05, 0) is 72.4 Å². The molecule has 38 heavy (non-hydrogen) atoms. The second-order valence-electron chi connectivity index (χ2n) is 8.59. The topological polar surface area (TPSA) is 97.4 Å². The molecule has 5 rings (SSSR count). The number of amides is 2. The Balaban J connectivity index is 1.38. The predicted molar refractivity (Wildman–Crippen MR) is 144 cm³/mol. The molecule has 0 aliphatic carbocycles. The highest BCUT2D eigenvalue weighted by Crippen LogP contribution is 2.35. The van der Waals surface area contributed by atoms with Gasteiger partial charge in [0.2, 0.25) is 12.7 Å². The average molecular weight is 552 g/mol. The molecule has 1 atom stereocenters. The summed E-state index contributed by atoms with van der Waals surface area (Å²) in [6.45, 7) is 0.412. The van der Waals surface area contributed by atoms with Crippen LogP contribution in [0.3, 0.4) is 0 Å². The molecule has 0 bridgehead atoms. The number of esters is 1. The van der Waals surface area contributed by atoms with Crippen LogP contribution in [0.4, 0.5) is 11.4 Å². The highest BCUT2D eigenvalue weighted by molar-refractivity contribution is 7.80. The van der Waals surface area contributed by atoms with Gasteiger partial charge in [-0.15, -0.1) is 0 Å². The quantitative estimate of drug-likeness (QED) is 0.341. The molecule has 0 aromatic heterocycles. The Kier molecular flexibility index (Phi) is 7.17. The number of methoxy groups -OCH3 is 1. The minimum Gasteiger partial charge on any atom is -0.465 e. The number of nitrogens with one attached hydrogen (secondary N) is 1. The summed E-state index contributed by atoms with van der Waals surface area (Å²) in [5.41, 5.74) is 2.18. The van der Waals surface area contributed by atoms with E-state index in [0.717, 1.165) is 5.56 Å². The van der Waals surface area contributed by atoms with E-state index < -0.39 is 12.0 Å². The normalized spacial score (nSPS) is 16.1. The summed E-state index contributed by atoms with van der Waals surface area (Å²) < 4.78 is 15.6. The monoisotopic (exact) mass is 551 g/mol.